The van der Waals surface area contributed by atoms with Crippen LogP contribution >= 0.6 is 0 Å². The van der Waals surface area contributed by atoms with E-state index in [9.17, 15) is 4.79 Å². The molecule has 0 spiro atoms. The number of anilines is 1. The molecule has 0 unspecified atom stereocenters. The summed E-state index contributed by atoms with van der Waals surface area (Å²) >= 11 is 0. The first-order valence-corrected chi connectivity index (χ1v) is 4.33. The molecule has 78 valence electrons. The van der Waals surface area contributed by atoms with E-state index in [0.29, 0.717) is 16.7 Å². The van der Waals surface area contributed by atoms with E-state index in [0.717, 1.165) is 0 Å². The van der Waals surface area contributed by atoms with E-state index in [4.69, 9.17) is 14.6 Å². The lowest BCUT2D eigenvalue weighted by Gasteiger charge is -1.98. The van der Waals surface area contributed by atoms with Gasteiger partial charge in [0.15, 0.2) is 5.76 Å². The fourth-order valence-electron chi connectivity index (χ4n) is 1.45. The summed E-state index contributed by atoms with van der Waals surface area (Å²) in [5.74, 6) is 0.221. The van der Waals surface area contributed by atoms with Gasteiger partial charge in [-0.05, 0) is 12.1 Å². The third-order valence-electron chi connectivity index (χ3n) is 2.04. The maximum atomic E-state index is 10.5. The Hall–Kier alpha value is -2.01. The standard InChI is InChI=1S/C10H9NO4/c12-5-8-9(11-10(13)14)6-3-1-2-4-7(6)15-8/h1-4,11-12H,5H2,(H,13,14). The lowest BCUT2D eigenvalue weighted by Crippen LogP contribution is -2.08. The fourth-order valence-corrected chi connectivity index (χ4v) is 1.45. The number of nitrogens with one attached hydrogen (secondary N) is 1. The van der Waals surface area contributed by atoms with Crippen LogP contribution in [-0.4, -0.2) is 16.3 Å². The van der Waals surface area contributed by atoms with Crippen LogP contribution in [0.2, 0.25) is 0 Å². The number of carbonyl (C=O) groups is 1. The number of fused-ring (bicyclic) bond motifs is 1. The Balaban J connectivity index is 2.61. The summed E-state index contributed by atoms with van der Waals surface area (Å²) in [4.78, 5) is 10.5. The molecule has 1 heterocycles. The van der Waals surface area contributed by atoms with E-state index in [2.05, 4.69) is 5.32 Å². The van der Waals surface area contributed by atoms with Crippen LogP contribution in [-0.2, 0) is 6.61 Å². The molecule has 0 aliphatic heterocycles. The van der Waals surface area contributed by atoms with Crippen LogP contribution in [0.3, 0.4) is 0 Å². The number of hydrogen-bond acceptors (Lipinski definition) is 3. The number of aliphatic hydroxyl groups excluding tert-OH is 1. The number of rotatable bonds is 2. The van der Waals surface area contributed by atoms with Crippen LogP contribution in [0.5, 0.6) is 0 Å². The van der Waals surface area contributed by atoms with Crippen molar-refractivity contribution in [1.82, 2.24) is 0 Å². The van der Waals surface area contributed by atoms with Crippen molar-refractivity contribution < 1.29 is 19.4 Å². The summed E-state index contributed by atoms with van der Waals surface area (Å²) in [6, 6.07) is 6.98. The number of amides is 1. The zero-order chi connectivity index (χ0) is 10.8. The van der Waals surface area contributed by atoms with Crippen molar-refractivity contribution in [2.24, 2.45) is 0 Å². The van der Waals surface area contributed by atoms with Gasteiger partial charge >= 0.3 is 6.09 Å². The first kappa shape index (κ1) is 9.54. The highest BCUT2D eigenvalue weighted by Gasteiger charge is 2.14. The molecule has 0 saturated carbocycles. The second kappa shape index (κ2) is 3.62. The summed E-state index contributed by atoms with van der Waals surface area (Å²) in [6.07, 6.45) is -1.18. The number of para-hydroxylation sites is 1. The highest BCUT2D eigenvalue weighted by atomic mass is 16.4. The van der Waals surface area contributed by atoms with Crippen molar-refractivity contribution in [3.63, 3.8) is 0 Å². The second-order valence-corrected chi connectivity index (χ2v) is 2.98. The van der Waals surface area contributed by atoms with Gasteiger partial charge in [-0.2, -0.15) is 0 Å². The Morgan fingerprint density at radius 3 is 2.80 bits per heavy atom. The Bertz CT molecular complexity index is 503. The van der Waals surface area contributed by atoms with Crippen molar-refractivity contribution in [2.45, 2.75) is 6.61 Å². The van der Waals surface area contributed by atoms with Gasteiger partial charge in [-0.15, -0.1) is 0 Å². The minimum Gasteiger partial charge on any atom is -0.465 e. The van der Waals surface area contributed by atoms with E-state index in [1.165, 1.54) is 0 Å². The topological polar surface area (TPSA) is 82.7 Å². The van der Waals surface area contributed by atoms with E-state index in [1.807, 2.05) is 0 Å². The Morgan fingerprint density at radius 1 is 1.40 bits per heavy atom. The average Bonchev–Trinajstić information content (AvgIpc) is 2.56. The molecule has 15 heavy (non-hydrogen) atoms. The van der Waals surface area contributed by atoms with Gasteiger partial charge < -0.3 is 14.6 Å². The van der Waals surface area contributed by atoms with Gasteiger partial charge in [-0.1, -0.05) is 12.1 Å². The van der Waals surface area contributed by atoms with E-state index >= 15 is 0 Å². The van der Waals surface area contributed by atoms with E-state index in [1.54, 1.807) is 24.3 Å². The van der Waals surface area contributed by atoms with Gasteiger partial charge in [-0.3, -0.25) is 5.32 Å². The first-order chi connectivity index (χ1) is 7.22. The molecule has 1 amide bonds. The lowest BCUT2D eigenvalue weighted by atomic mass is 10.2. The minimum atomic E-state index is -1.18. The predicted octanol–water partition coefficient (Wildman–Crippen LogP) is 2.02. The van der Waals surface area contributed by atoms with E-state index in [-0.39, 0.29) is 12.4 Å². The molecule has 0 aliphatic carbocycles. The highest BCUT2D eigenvalue weighted by molar-refractivity contribution is 5.99. The van der Waals surface area contributed by atoms with Crippen LogP contribution in [0.15, 0.2) is 28.7 Å². The van der Waals surface area contributed by atoms with Gasteiger partial charge in [0, 0.05) is 5.39 Å². The molecule has 2 rings (SSSR count). The number of benzene rings is 1. The largest absolute Gasteiger partial charge is 0.465 e. The maximum absolute atomic E-state index is 10.5. The van der Waals surface area contributed by atoms with Gasteiger partial charge in [0.25, 0.3) is 0 Å². The summed E-state index contributed by atoms with van der Waals surface area (Å²) in [5, 5.41) is 20.5. The molecule has 5 nitrogen and oxygen atoms in total. The third kappa shape index (κ3) is 1.64. The quantitative estimate of drug-likeness (QED) is 0.703. The molecule has 0 saturated heterocycles. The van der Waals surface area contributed by atoms with Crippen LogP contribution in [0.4, 0.5) is 10.5 Å². The average molecular weight is 207 g/mol. The molecule has 0 atom stereocenters. The normalized spacial score (nSPS) is 10.5. The maximum Gasteiger partial charge on any atom is 0.409 e. The molecule has 1 aromatic carbocycles. The zero-order valence-corrected chi connectivity index (χ0v) is 7.73. The van der Waals surface area contributed by atoms with Crippen molar-refractivity contribution in [3.8, 4) is 0 Å². The summed E-state index contributed by atoms with van der Waals surface area (Å²) in [6.45, 7) is -0.343. The number of hydrogen-bond donors (Lipinski definition) is 3. The van der Waals surface area contributed by atoms with Crippen LogP contribution in [0.25, 0.3) is 11.0 Å². The second-order valence-electron chi connectivity index (χ2n) is 2.98. The Morgan fingerprint density at radius 2 is 2.13 bits per heavy atom. The molecule has 1 aromatic heterocycles. The molecule has 0 bridgehead atoms. The molecule has 3 N–H and O–H groups in total. The molecule has 0 aliphatic rings. The van der Waals surface area contributed by atoms with Crippen molar-refractivity contribution in [2.75, 3.05) is 5.32 Å². The highest BCUT2D eigenvalue weighted by Crippen LogP contribution is 2.30. The summed E-state index contributed by atoms with van der Waals surface area (Å²) in [7, 11) is 0. The zero-order valence-electron chi connectivity index (χ0n) is 7.73. The number of aliphatic hydroxyl groups is 1. The number of furan rings is 1. The third-order valence-corrected chi connectivity index (χ3v) is 2.04. The molecule has 0 radical (unpaired) electrons. The number of carboxylic acid groups (broad SMARTS) is 1. The van der Waals surface area contributed by atoms with Crippen molar-refractivity contribution >= 4 is 22.7 Å². The molecular formula is C10H9NO4. The van der Waals surface area contributed by atoms with Crippen LogP contribution in [0, 0.1) is 0 Å². The monoisotopic (exact) mass is 207 g/mol. The summed E-state index contributed by atoms with van der Waals surface area (Å²) < 4.78 is 5.27. The van der Waals surface area contributed by atoms with Gasteiger partial charge in [-0.25, -0.2) is 4.79 Å². The van der Waals surface area contributed by atoms with Crippen molar-refractivity contribution in [3.05, 3.63) is 30.0 Å². The van der Waals surface area contributed by atoms with Gasteiger partial charge in [0.1, 0.15) is 12.2 Å². The smallest absolute Gasteiger partial charge is 0.409 e. The Kier molecular flexibility index (Phi) is 2.31. The fraction of sp³-hybridized carbons (Fsp3) is 0.100. The Labute approximate surface area is 84.9 Å². The molecule has 0 fully saturated rings. The molecular weight excluding hydrogens is 198 g/mol. The molecule has 5 heteroatoms. The van der Waals surface area contributed by atoms with Crippen LogP contribution in [0.1, 0.15) is 5.76 Å². The lowest BCUT2D eigenvalue weighted by molar-refractivity contribution is 0.209. The first-order valence-electron chi connectivity index (χ1n) is 4.33. The van der Waals surface area contributed by atoms with E-state index < -0.39 is 6.09 Å². The summed E-state index contributed by atoms with van der Waals surface area (Å²) in [5.41, 5.74) is 0.853. The van der Waals surface area contributed by atoms with Gasteiger partial charge in [0.2, 0.25) is 0 Å². The van der Waals surface area contributed by atoms with Gasteiger partial charge in [0.05, 0.1) is 5.69 Å². The SMILES string of the molecule is O=C(O)Nc1c(CO)oc2ccccc12. The minimum absolute atomic E-state index is 0.221. The van der Waals surface area contributed by atoms with Crippen LogP contribution < -0.4 is 5.32 Å². The van der Waals surface area contributed by atoms with Crippen molar-refractivity contribution in [1.29, 1.82) is 0 Å². The predicted molar refractivity (Wildman–Crippen MR) is 53.8 cm³/mol. The molecule has 2 aromatic rings.